The molecule has 0 aliphatic rings. The molecular formula is C10H9BrN2O2. The molecule has 4 nitrogen and oxygen atoms in total. The van der Waals surface area contributed by atoms with Crippen LogP contribution in [0, 0.1) is 0 Å². The Labute approximate surface area is 95.0 Å². The molecule has 0 saturated heterocycles. The molecule has 0 radical (unpaired) electrons. The van der Waals surface area contributed by atoms with E-state index in [-0.39, 0.29) is 5.97 Å². The van der Waals surface area contributed by atoms with E-state index in [1.807, 2.05) is 19.3 Å². The fourth-order valence-corrected chi connectivity index (χ4v) is 1.93. The van der Waals surface area contributed by atoms with E-state index in [9.17, 15) is 4.79 Å². The Hall–Kier alpha value is -1.36. The molecule has 0 aliphatic carbocycles. The molecule has 0 atom stereocenters. The van der Waals surface area contributed by atoms with Gasteiger partial charge >= 0.3 is 5.97 Å². The smallest absolute Gasteiger partial charge is 0.339 e. The third-order valence-corrected chi connectivity index (χ3v) is 2.77. The first-order valence-electron chi connectivity index (χ1n) is 4.33. The lowest BCUT2D eigenvalue weighted by atomic mass is 10.1. The molecular weight excluding hydrogens is 260 g/mol. The predicted molar refractivity (Wildman–Crippen MR) is 59.8 cm³/mol. The molecule has 0 unspecified atom stereocenters. The standard InChI is InChI=1S/C10H9BrN2O2/c1-13-5-6-3-7(10(14)15-2)8(11)4-9(6)12-13/h3-5H,1-2H3. The summed E-state index contributed by atoms with van der Waals surface area (Å²) in [5, 5.41) is 5.15. The number of aryl methyl sites for hydroxylation is 1. The second kappa shape index (κ2) is 3.66. The Morgan fingerprint density at radius 3 is 2.93 bits per heavy atom. The third kappa shape index (κ3) is 1.74. The molecule has 2 rings (SSSR count). The number of carbonyl (C=O) groups excluding carboxylic acids is 1. The average molecular weight is 269 g/mol. The quantitative estimate of drug-likeness (QED) is 0.745. The van der Waals surface area contributed by atoms with Gasteiger partial charge in [0.25, 0.3) is 0 Å². The largest absolute Gasteiger partial charge is 0.465 e. The Bertz CT molecular complexity index is 533. The van der Waals surface area contributed by atoms with Gasteiger partial charge in [0.1, 0.15) is 0 Å². The number of hydrogen-bond acceptors (Lipinski definition) is 3. The summed E-state index contributed by atoms with van der Waals surface area (Å²) in [5.41, 5.74) is 1.36. The van der Waals surface area contributed by atoms with Gasteiger partial charge in [0.15, 0.2) is 0 Å². The van der Waals surface area contributed by atoms with Crippen molar-refractivity contribution in [2.24, 2.45) is 7.05 Å². The van der Waals surface area contributed by atoms with Crippen LogP contribution in [0.15, 0.2) is 22.8 Å². The number of benzene rings is 1. The maximum atomic E-state index is 11.4. The number of esters is 1. The lowest BCUT2D eigenvalue weighted by Gasteiger charge is -2.01. The van der Waals surface area contributed by atoms with Crippen molar-refractivity contribution in [2.45, 2.75) is 0 Å². The number of nitrogens with zero attached hydrogens (tertiary/aromatic N) is 2. The molecule has 0 amide bonds. The Kier molecular flexibility index (Phi) is 2.48. The van der Waals surface area contributed by atoms with Gasteiger partial charge < -0.3 is 4.74 Å². The van der Waals surface area contributed by atoms with E-state index < -0.39 is 0 Å². The lowest BCUT2D eigenvalue weighted by molar-refractivity contribution is 0.0600. The molecule has 1 aromatic heterocycles. The summed E-state index contributed by atoms with van der Waals surface area (Å²) in [6, 6.07) is 3.57. The van der Waals surface area contributed by atoms with Gasteiger partial charge in [-0.05, 0) is 28.1 Å². The molecule has 0 saturated carbocycles. The zero-order valence-electron chi connectivity index (χ0n) is 8.32. The number of aromatic nitrogens is 2. The highest BCUT2D eigenvalue weighted by atomic mass is 79.9. The van der Waals surface area contributed by atoms with Crippen LogP contribution in [0.25, 0.3) is 10.9 Å². The summed E-state index contributed by atoms with van der Waals surface area (Å²) in [4.78, 5) is 11.4. The molecule has 5 heteroatoms. The van der Waals surface area contributed by atoms with E-state index in [0.29, 0.717) is 10.0 Å². The summed E-state index contributed by atoms with van der Waals surface area (Å²) in [5.74, 6) is -0.354. The van der Waals surface area contributed by atoms with E-state index >= 15 is 0 Å². The van der Waals surface area contributed by atoms with Crippen LogP contribution in [0.1, 0.15) is 10.4 Å². The summed E-state index contributed by atoms with van der Waals surface area (Å²) in [7, 11) is 3.20. The molecule has 2 aromatic rings. The van der Waals surface area contributed by atoms with Crippen LogP contribution in [0.4, 0.5) is 0 Å². The van der Waals surface area contributed by atoms with Gasteiger partial charge in [-0.15, -0.1) is 0 Å². The van der Waals surface area contributed by atoms with Gasteiger partial charge in [-0.3, -0.25) is 4.68 Å². The van der Waals surface area contributed by atoms with Crippen molar-refractivity contribution in [1.82, 2.24) is 9.78 Å². The Balaban J connectivity index is 2.66. The zero-order chi connectivity index (χ0) is 11.0. The highest BCUT2D eigenvalue weighted by Crippen LogP contribution is 2.24. The van der Waals surface area contributed by atoms with Gasteiger partial charge in [-0.1, -0.05) is 0 Å². The van der Waals surface area contributed by atoms with Crippen molar-refractivity contribution >= 4 is 32.8 Å². The lowest BCUT2D eigenvalue weighted by Crippen LogP contribution is -2.01. The summed E-state index contributed by atoms with van der Waals surface area (Å²) in [6.45, 7) is 0. The van der Waals surface area contributed by atoms with E-state index in [1.165, 1.54) is 7.11 Å². The zero-order valence-corrected chi connectivity index (χ0v) is 9.91. The second-order valence-corrected chi connectivity index (χ2v) is 4.04. The summed E-state index contributed by atoms with van der Waals surface area (Å²) in [6.07, 6.45) is 1.86. The molecule has 0 aliphatic heterocycles. The number of rotatable bonds is 1. The van der Waals surface area contributed by atoms with E-state index in [4.69, 9.17) is 0 Å². The Morgan fingerprint density at radius 1 is 1.53 bits per heavy atom. The maximum absolute atomic E-state index is 11.4. The predicted octanol–water partition coefficient (Wildman–Crippen LogP) is 2.12. The van der Waals surface area contributed by atoms with Crippen LogP contribution in [-0.2, 0) is 11.8 Å². The second-order valence-electron chi connectivity index (χ2n) is 3.19. The molecule has 0 N–H and O–H groups in total. The van der Waals surface area contributed by atoms with Crippen LogP contribution in [0.3, 0.4) is 0 Å². The SMILES string of the molecule is COC(=O)c1cc2cn(C)nc2cc1Br. The van der Waals surface area contributed by atoms with Crippen molar-refractivity contribution in [1.29, 1.82) is 0 Å². The minimum Gasteiger partial charge on any atom is -0.465 e. The van der Waals surface area contributed by atoms with Crippen LogP contribution in [0.5, 0.6) is 0 Å². The molecule has 78 valence electrons. The number of carbonyl (C=O) groups is 1. The maximum Gasteiger partial charge on any atom is 0.339 e. The van der Waals surface area contributed by atoms with Crippen molar-refractivity contribution in [3.8, 4) is 0 Å². The van der Waals surface area contributed by atoms with E-state index in [1.54, 1.807) is 10.7 Å². The number of fused-ring (bicyclic) bond motifs is 1. The van der Waals surface area contributed by atoms with Crippen LogP contribution < -0.4 is 0 Å². The van der Waals surface area contributed by atoms with E-state index in [0.717, 1.165) is 10.9 Å². The van der Waals surface area contributed by atoms with Gasteiger partial charge in [0.05, 0.1) is 18.2 Å². The normalized spacial score (nSPS) is 10.6. The number of halogens is 1. The fraction of sp³-hybridized carbons (Fsp3) is 0.200. The van der Waals surface area contributed by atoms with E-state index in [2.05, 4.69) is 25.8 Å². The number of hydrogen-bond donors (Lipinski definition) is 0. The molecule has 15 heavy (non-hydrogen) atoms. The highest BCUT2D eigenvalue weighted by molar-refractivity contribution is 9.10. The molecule has 1 aromatic carbocycles. The molecule has 0 spiro atoms. The highest BCUT2D eigenvalue weighted by Gasteiger charge is 2.12. The van der Waals surface area contributed by atoms with Gasteiger partial charge in [-0.25, -0.2) is 4.79 Å². The Morgan fingerprint density at radius 2 is 2.27 bits per heavy atom. The fourth-order valence-electron chi connectivity index (χ4n) is 1.44. The summed E-state index contributed by atoms with van der Waals surface area (Å²) >= 11 is 3.32. The van der Waals surface area contributed by atoms with Crippen molar-refractivity contribution in [3.63, 3.8) is 0 Å². The first kappa shape index (κ1) is 10.2. The van der Waals surface area contributed by atoms with Crippen LogP contribution >= 0.6 is 15.9 Å². The van der Waals surface area contributed by atoms with Crippen molar-refractivity contribution in [2.75, 3.05) is 7.11 Å². The first-order chi connectivity index (χ1) is 7.11. The topological polar surface area (TPSA) is 44.1 Å². The van der Waals surface area contributed by atoms with Gasteiger partial charge in [0, 0.05) is 23.1 Å². The first-order valence-corrected chi connectivity index (χ1v) is 5.12. The van der Waals surface area contributed by atoms with Crippen molar-refractivity contribution in [3.05, 3.63) is 28.4 Å². The van der Waals surface area contributed by atoms with Crippen LogP contribution in [0.2, 0.25) is 0 Å². The molecule has 0 bridgehead atoms. The summed E-state index contributed by atoms with van der Waals surface area (Å²) < 4.78 is 7.08. The minimum atomic E-state index is -0.354. The van der Waals surface area contributed by atoms with Gasteiger partial charge in [-0.2, -0.15) is 5.10 Å². The number of methoxy groups -OCH3 is 1. The molecule has 1 heterocycles. The molecule has 0 fully saturated rings. The minimum absolute atomic E-state index is 0.354. The van der Waals surface area contributed by atoms with Gasteiger partial charge in [0.2, 0.25) is 0 Å². The van der Waals surface area contributed by atoms with Crippen LogP contribution in [-0.4, -0.2) is 22.9 Å². The monoisotopic (exact) mass is 268 g/mol. The van der Waals surface area contributed by atoms with Crippen molar-refractivity contribution < 1.29 is 9.53 Å². The third-order valence-electron chi connectivity index (χ3n) is 2.11. The average Bonchev–Trinajstić information content (AvgIpc) is 2.55. The number of ether oxygens (including phenoxy) is 1.